The summed E-state index contributed by atoms with van der Waals surface area (Å²) in [6, 6.07) is 9.91. The first kappa shape index (κ1) is 13.0. The van der Waals surface area contributed by atoms with Crippen LogP contribution >= 0.6 is 11.6 Å². The van der Waals surface area contributed by atoms with Gasteiger partial charge in [0, 0.05) is 5.69 Å². The van der Waals surface area contributed by atoms with Gasteiger partial charge in [-0.25, -0.2) is 4.98 Å². The van der Waals surface area contributed by atoms with Gasteiger partial charge >= 0.3 is 0 Å². The molecule has 1 aliphatic rings. The number of fused-ring (bicyclic) bond motifs is 1. The number of nitriles is 1. The fraction of sp³-hybridized carbons (Fsp3) is 0.250. The van der Waals surface area contributed by atoms with Gasteiger partial charge in [-0.1, -0.05) is 17.7 Å². The van der Waals surface area contributed by atoms with Gasteiger partial charge in [-0.15, -0.1) is 0 Å². The predicted molar refractivity (Wildman–Crippen MR) is 80.4 cm³/mol. The first-order chi connectivity index (χ1) is 9.67. The van der Waals surface area contributed by atoms with Crippen molar-refractivity contribution in [1.82, 2.24) is 4.98 Å². The van der Waals surface area contributed by atoms with Crippen LogP contribution in [-0.2, 0) is 12.8 Å². The Labute approximate surface area is 123 Å². The summed E-state index contributed by atoms with van der Waals surface area (Å²) >= 11 is 6.19. The van der Waals surface area contributed by atoms with Crippen molar-refractivity contribution in [1.29, 1.82) is 5.26 Å². The van der Waals surface area contributed by atoms with E-state index in [0.29, 0.717) is 16.4 Å². The third kappa shape index (κ3) is 2.35. The number of nitrogens with zero attached hydrogens (tertiary/aromatic N) is 2. The molecule has 0 fully saturated rings. The van der Waals surface area contributed by atoms with Crippen LogP contribution in [0.5, 0.6) is 0 Å². The van der Waals surface area contributed by atoms with E-state index in [4.69, 9.17) is 11.6 Å². The molecule has 3 rings (SSSR count). The highest BCUT2D eigenvalue weighted by molar-refractivity contribution is 6.33. The van der Waals surface area contributed by atoms with Crippen LogP contribution < -0.4 is 5.32 Å². The molecule has 2 aromatic rings. The van der Waals surface area contributed by atoms with Crippen LogP contribution in [-0.4, -0.2) is 4.98 Å². The summed E-state index contributed by atoms with van der Waals surface area (Å²) in [5.41, 5.74) is 4.76. The van der Waals surface area contributed by atoms with E-state index in [1.165, 1.54) is 5.56 Å². The molecular weight excluding hydrogens is 270 g/mol. The molecule has 0 saturated carbocycles. The molecule has 1 aromatic heterocycles. The van der Waals surface area contributed by atoms with Crippen LogP contribution in [0.25, 0.3) is 0 Å². The average molecular weight is 284 g/mol. The molecule has 0 atom stereocenters. The first-order valence-electron chi connectivity index (χ1n) is 6.63. The maximum atomic E-state index is 9.29. The quantitative estimate of drug-likeness (QED) is 0.901. The van der Waals surface area contributed by atoms with Gasteiger partial charge < -0.3 is 5.32 Å². The molecule has 0 saturated heterocycles. The number of rotatable bonds is 2. The predicted octanol–water partition coefficient (Wildman–Crippen LogP) is 4.15. The molecule has 0 unspecified atom stereocenters. The summed E-state index contributed by atoms with van der Waals surface area (Å²) in [6.07, 6.45) is 3.11. The number of hydrogen-bond donors (Lipinski definition) is 1. The second kappa shape index (κ2) is 5.15. The normalized spacial score (nSPS) is 12.8. The lowest BCUT2D eigenvalue weighted by molar-refractivity contribution is 0.900. The minimum atomic E-state index is 0.572. The van der Waals surface area contributed by atoms with E-state index < -0.39 is 0 Å². The van der Waals surface area contributed by atoms with Crippen molar-refractivity contribution in [3.05, 3.63) is 51.7 Å². The smallest absolute Gasteiger partial charge is 0.148 e. The Bertz CT molecular complexity index is 716. The monoisotopic (exact) mass is 283 g/mol. The lowest BCUT2D eigenvalue weighted by Crippen LogP contribution is -2.01. The van der Waals surface area contributed by atoms with Crippen molar-refractivity contribution in [2.24, 2.45) is 0 Å². The molecule has 1 aliphatic carbocycles. The van der Waals surface area contributed by atoms with Crippen molar-refractivity contribution in [3.8, 4) is 6.07 Å². The minimum absolute atomic E-state index is 0.572. The van der Waals surface area contributed by atoms with E-state index in [1.807, 2.05) is 31.2 Å². The Morgan fingerprint density at radius 1 is 1.30 bits per heavy atom. The number of pyridine rings is 1. The molecule has 1 N–H and O–H groups in total. The molecule has 20 heavy (non-hydrogen) atoms. The number of anilines is 2. The molecule has 3 nitrogen and oxygen atoms in total. The van der Waals surface area contributed by atoms with Gasteiger partial charge in [0.05, 0.1) is 16.3 Å². The maximum Gasteiger partial charge on any atom is 0.148 e. The van der Waals surface area contributed by atoms with Crippen molar-refractivity contribution in [2.45, 2.75) is 26.2 Å². The highest BCUT2D eigenvalue weighted by atomic mass is 35.5. The van der Waals surface area contributed by atoms with Crippen LogP contribution in [0.2, 0.25) is 5.02 Å². The van der Waals surface area contributed by atoms with Crippen molar-refractivity contribution in [3.63, 3.8) is 0 Å². The number of benzene rings is 1. The minimum Gasteiger partial charge on any atom is -0.338 e. The summed E-state index contributed by atoms with van der Waals surface area (Å²) in [4.78, 5) is 4.60. The fourth-order valence-corrected chi connectivity index (χ4v) is 2.68. The molecule has 0 radical (unpaired) electrons. The van der Waals surface area contributed by atoms with Gasteiger partial charge in [-0.3, -0.25) is 0 Å². The summed E-state index contributed by atoms with van der Waals surface area (Å²) < 4.78 is 0. The zero-order valence-electron chi connectivity index (χ0n) is 11.2. The number of halogens is 1. The van der Waals surface area contributed by atoms with Crippen LogP contribution in [0, 0.1) is 18.3 Å². The second-order valence-corrected chi connectivity index (χ2v) is 5.47. The Kier molecular flexibility index (Phi) is 3.33. The average Bonchev–Trinajstić information content (AvgIpc) is 2.89. The van der Waals surface area contributed by atoms with Crippen LogP contribution in [0.15, 0.2) is 24.3 Å². The lowest BCUT2D eigenvalue weighted by Gasteiger charge is -2.11. The maximum absolute atomic E-state index is 9.29. The van der Waals surface area contributed by atoms with E-state index in [0.717, 1.165) is 36.2 Å². The molecular formula is C16H14ClN3. The van der Waals surface area contributed by atoms with Gasteiger partial charge in [0.25, 0.3) is 0 Å². The highest BCUT2D eigenvalue weighted by Gasteiger charge is 2.17. The molecule has 0 spiro atoms. The third-order valence-corrected chi connectivity index (χ3v) is 3.88. The first-order valence-corrected chi connectivity index (χ1v) is 7.01. The lowest BCUT2D eigenvalue weighted by atomic mass is 10.1. The van der Waals surface area contributed by atoms with Gasteiger partial charge in [-0.05, 0) is 55.5 Å². The summed E-state index contributed by atoms with van der Waals surface area (Å²) in [7, 11) is 0. The Morgan fingerprint density at radius 3 is 2.95 bits per heavy atom. The number of nitrogens with one attached hydrogen (secondary N) is 1. The molecule has 1 heterocycles. The largest absolute Gasteiger partial charge is 0.338 e. The molecule has 4 heteroatoms. The van der Waals surface area contributed by atoms with Crippen LogP contribution in [0.3, 0.4) is 0 Å². The van der Waals surface area contributed by atoms with Crippen molar-refractivity contribution >= 4 is 23.1 Å². The standard InChI is InChI=1S/C16H14ClN3/c1-10-5-6-13(17)15(7-10)20-16-12(9-18)8-11-3-2-4-14(11)19-16/h5-8H,2-4H2,1H3,(H,19,20). The van der Waals surface area contributed by atoms with Gasteiger partial charge in [0.1, 0.15) is 11.9 Å². The van der Waals surface area contributed by atoms with Gasteiger partial charge in [0.15, 0.2) is 0 Å². The Morgan fingerprint density at radius 2 is 2.15 bits per heavy atom. The van der Waals surface area contributed by atoms with Gasteiger partial charge in [-0.2, -0.15) is 5.26 Å². The van der Waals surface area contributed by atoms with E-state index in [-0.39, 0.29) is 0 Å². The number of aryl methyl sites for hydroxylation is 3. The Hall–Kier alpha value is -2.05. The topological polar surface area (TPSA) is 48.7 Å². The third-order valence-electron chi connectivity index (χ3n) is 3.55. The SMILES string of the molecule is Cc1ccc(Cl)c(Nc2nc3c(cc2C#N)CCC3)c1. The number of aromatic nitrogens is 1. The highest BCUT2D eigenvalue weighted by Crippen LogP contribution is 2.30. The Balaban J connectivity index is 2.02. The zero-order chi connectivity index (χ0) is 14.1. The van der Waals surface area contributed by atoms with E-state index >= 15 is 0 Å². The van der Waals surface area contributed by atoms with E-state index in [1.54, 1.807) is 0 Å². The second-order valence-electron chi connectivity index (χ2n) is 5.06. The van der Waals surface area contributed by atoms with E-state index in [2.05, 4.69) is 16.4 Å². The van der Waals surface area contributed by atoms with E-state index in [9.17, 15) is 5.26 Å². The fourth-order valence-electron chi connectivity index (χ4n) is 2.52. The number of hydrogen-bond acceptors (Lipinski definition) is 3. The zero-order valence-corrected chi connectivity index (χ0v) is 12.0. The molecule has 0 bridgehead atoms. The van der Waals surface area contributed by atoms with Crippen molar-refractivity contribution < 1.29 is 0 Å². The molecule has 100 valence electrons. The van der Waals surface area contributed by atoms with Gasteiger partial charge in [0.2, 0.25) is 0 Å². The van der Waals surface area contributed by atoms with Crippen LogP contribution in [0.1, 0.15) is 28.8 Å². The molecule has 0 amide bonds. The summed E-state index contributed by atoms with van der Waals surface area (Å²) in [5.74, 6) is 0.598. The molecule has 1 aromatic carbocycles. The summed E-state index contributed by atoms with van der Waals surface area (Å²) in [6.45, 7) is 2.00. The molecule has 0 aliphatic heterocycles. The summed E-state index contributed by atoms with van der Waals surface area (Å²) in [5, 5.41) is 13.1. The van der Waals surface area contributed by atoms with Crippen LogP contribution in [0.4, 0.5) is 11.5 Å². The van der Waals surface area contributed by atoms with Crippen molar-refractivity contribution in [2.75, 3.05) is 5.32 Å².